The lowest BCUT2D eigenvalue weighted by molar-refractivity contribution is -0.143. The summed E-state index contributed by atoms with van der Waals surface area (Å²) in [7, 11) is 3.28. The lowest BCUT2D eigenvalue weighted by Gasteiger charge is -2.48. The molecule has 0 unspecified atom stereocenters. The van der Waals surface area contributed by atoms with E-state index in [1.54, 1.807) is 0 Å². The number of carbonyl (C=O) groups is 2. The van der Waals surface area contributed by atoms with Gasteiger partial charge < -0.3 is 15.0 Å². The van der Waals surface area contributed by atoms with Gasteiger partial charge in [0.05, 0.1) is 7.11 Å². The van der Waals surface area contributed by atoms with Crippen molar-refractivity contribution in [1.29, 1.82) is 0 Å². The van der Waals surface area contributed by atoms with Gasteiger partial charge in [0.2, 0.25) is 5.91 Å². The number of nitrogens with zero attached hydrogens (tertiary/aromatic N) is 1. The maximum absolute atomic E-state index is 12.7. The minimum Gasteiger partial charge on any atom is -0.453 e. The van der Waals surface area contributed by atoms with Gasteiger partial charge in [0, 0.05) is 24.5 Å². The van der Waals surface area contributed by atoms with Crippen molar-refractivity contribution in [2.24, 2.45) is 5.92 Å². The van der Waals surface area contributed by atoms with Gasteiger partial charge in [-0.05, 0) is 55.6 Å². The number of rotatable bonds is 5. The molecule has 0 aromatic heterocycles. The summed E-state index contributed by atoms with van der Waals surface area (Å²) in [5.41, 5.74) is 2.43. The van der Waals surface area contributed by atoms with Gasteiger partial charge in [0.1, 0.15) is 0 Å². The van der Waals surface area contributed by atoms with Crippen molar-refractivity contribution in [3.63, 3.8) is 0 Å². The standard InChI is InChI=1S/C22H32N2O3/c1-14(2)15-6-8-16(9-7-15)17-10-19(11-17)24(4)20(25)18-12-22(3,13-18)23-21(26)27-5/h6-9,14,17-19H,10-13H2,1-5H3,(H,23,26)/t17-,18-,19+,22+. The van der Waals surface area contributed by atoms with Crippen molar-refractivity contribution in [1.82, 2.24) is 10.2 Å². The number of nitrogens with one attached hydrogen (secondary N) is 1. The van der Waals surface area contributed by atoms with Crippen LogP contribution in [0, 0.1) is 5.92 Å². The number of alkyl carbamates (subject to hydrolysis) is 1. The van der Waals surface area contributed by atoms with Gasteiger partial charge in [-0.25, -0.2) is 4.79 Å². The number of methoxy groups -OCH3 is 1. The first kappa shape index (κ1) is 19.7. The molecule has 3 rings (SSSR count). The minimum atomic E-state index is -0.429. The highest BCUT2D eigenvalue weighted by atomic mass is 16.5. The van der Waals surface area contributed by atoms with E-state index < -0.39 is 6.09 Å². The molecular formula is C22H32N2O3. The maximum Gasteiger partial charge on any atom is 0.407 e. The number of carbonyl (C=O) groups excluding carboxylic acids is 2. The molecule has 0 radical (unpaired) electrons. The molecule has 0 atom stereocenters. The molecule has 2 aliphatic rings. The van der Waals surface area contributed by atoms with Crippen molar-refractivity contribution >= 4 is 12.0 Å². The number of amides is 2. The first-order chi connectivity index (χ1) is 12.7. The molecule has 2 amide bonds. The predicted molar refractivity (Wildman–Crippen MR) is 106 cm³/mol. The number of benzene rings is 1. The summed E-state index contributed by atoms with van der Waals surface area (Å²) in [5, 5.41) is 2.83. The molecule has 0 heterocycles. The summed E-state index contributed by atoms with van der Waals surface area (Å²) >= 11 is 0. The Hall–Kier alpha value is -2.04. The lowest BCUT2D eigenvalue weighted by Crippen LogP contribution is -2.59. The van der Waals surface area contributed by atoms with E-state index in [2.05, 4.69) is 48.2 Å². The predicted octanol–water partition coefficient (Wildman–Crippen LogP) is 4.04. The van der Waals surface area contributed by atoms with Gasteiger partial charge in [0.15, 0.2) is 0 Å². The maximum atomic E-state index is 12.7. The van der Waals surface area contributed by atoms with Gasteiger partial charge in [-0.2, -0.15) is 0 Å². The lowest BCUT2D eigenvalue weighted by atomic mass is 9.68. The second-order valence-electron chi connectivity index (χ2n) is 8.88. The molecule has 2 fully saturated rings. The molecule has 5 nitrogen and oxygen atoms in total. The van der Waals surface area contributed by atoms with E-state index in [0.29, 0.717) is 30.7 Å². The molecule has 1 aromatic carbocycles. The van der Waals surface area contributed by atoms with Crippen LogP contribution < -0.4 is 5.32 Å². The molecular weight excluding hydrogens is 340 g/mol. The summed E-state index contributed by atoms with van der Waals surface area (Å²) in [5.74, 6) is 1.32. The molecule has 0 bridgehead atoms. The Morgan fingerprint density at radius 3 is 2.30 bits per heavy atom. The van der Waals surface area contributed by atoms with Crippen LogP contribution >= 0.6 is 0 Å². The Bertz CT molecular complexity index is 686. The smallest absolute Gasteiger partial charge is 0.407 e. The molecule has 148 valence electrons. The van der Waals surface area contributed by atoms with Gasteiger partial charge in [0.25, 0.3) is 0 Å². The second kappa shape index (κ2) is 7.53. The summed E-state index contributed by atoms with van der Waals surface area (Å²) in [4.78, 5) is 26.1. The molecule has 1 N–H and O–H groups in total. The summed E-state index contributed by atoms with van der Waals surface area (Å²) in [6, 6.07) is 9.27. The third-order valence-electron chi connectivity index (χ3n) is 6.42. The number of hydrogen-bond acceptors (Lipinski definition) is 3. The molecule has 0 aliphatic heterocycles. The fourth-order valence-corrected chi connectivity index (χ4v) is 4.40. The van der Waals surface area contributed by atoms with Crippen LogP contribution in [0.2, 0.25) is 0 Å². The van der Waals surface area contributed by atoms with Gasteiger partial charge in [-0.15, -0.1) is 0 Å². The van der Waals surface area contributed by atoms with Crippen molar-refractivity contribution in [2.75, 3.05) is 14.2 Å². The molecule has 5 heteroatoms. The Balaban J connectivity index is 1.47. The molecule has 2 saturated carbocycles. The van der Waals surface area contributed by atoms with Gasteiger partial charge >= 0.3 is 6.09 Å². The quantitative estimate of drug-likeness (QED) is 0.849. The van der Waals surface area contributed by atoms with Crippen LogP contribution in [0.25, 0.3) is 0 Å². The van der Waals surface area contributed by atoms with Crippen LogP contribution in [-0.4, -0.2) is 42.6 Å². The molecule has 27 heavy (non-hydrogen) atoms. The van der Waals surface area contributed by atoms with Crippen molar-refractivity contribution in [3.05, 3.63) is 35.4 Å². The van der Waals surface area contributed by atoms with Crippen molar-refractivity contribution < 1.29 is 14.3 Å². The topological polar surface area (TPSA) is 58.6 Å². The Kier molecular flexibility index (Phi) is 5.50. The largest absolute Gasteiger partial charge is 0.453 e. The van der Waals surface area contributed by atoms with E-state index in [0.717, 1.165) is 12.8 Å². The Morgan fingerprint density at radius 1 is 1.19 bits per heavy atom. The van der Waals surface area contributed by atoms with Gasteiger partial charge in [-0.3, -0.25) is 4.79 Å². The zero-order valence-electron chi connectivity index (χ0n) is 17.1. The third kappa shape index (κ3) is 4.12. The zero-order valence-corrected chi connectivity index (χ0v) is 17.1. The monoisotopic (exact) mass is 372 g/mol. The normalized spacial score (nSPS) is 29.5. The first-order valence-electron chi connectivity index (χ1n) is 9.95. The highest BCUT2D eigenvalue weighted by Crippen LogP contribution is 2.43. The fraction of sp³-hybridized carbons (Fsp3) is 0.636. The van der Waals surface area contributed by atoms with Crippen LogP contribution in [0.5, 0.6) is 0 Å². The summed E-state index contributed by atoms with van der Waals surface area (Å²) in [6.07, 6.45) is 3.00. The Morgan fingerprint density at radius 2 is 1.78 bits per heavy atom. The number of ether oxygens (including phenoxy) is 1. The van der Waals surface area contributed by atoms with E-state index in [1.807, 2.05) is 18.9 Å². The summed E-state index contributed by atoms with van der Waals surface area (Å²) in [6.45, 7) is 6.39. The van der Waals surface area contributed by atoms with E-state index in [9.17, 15) is 9.59 Å². The van der Waals surface area contributed by atoms with E-state index in [-0.39, 0.29) is 17.4 Å². The van der Waals surface area contributed by atoms with Gasteiger partial charge in [-0.1, -0.05) is 38.1 Å². The number of hydrogen-bond donors (Lipinski definition) is 1. The van der Waals surface area contributed by atoms with E-state index >= 15 is 0 Å². The highest BCUT2D eigenvalue weighted by molar-refractivity contribution is 5.81. The molecule has 2 aliphatic carbocycles. The molecule has 1 aromatic rings. The average Bonchev–Trinajstić information content (AvgIpc) is 2.57. The SMILES string of the molecule is COC(=O)N[C@]1(C)C[C@H](C(=O)N(C)[C@H]2C[C@@H](c3ccc(C(C)C)cc3)C2)C1. The second-order valence-corrected chi connectivity index (χ2v) is 8.88. The third-order valence-corrected chi connectivity index (χ3v) is 6.42. The first-order valence-corrected chi connectivity index (χ1v) is 9.95. The minimum absolute atomic E-state index is 0.00142. The van der Waals surface area contributed by atoms with Crippen molar-refractivity contribution in [3.8, 4) is 0 Å². The van der Waals surface area contributed by atoms with Crippen LogP contribution in [-0.2, 0) is 9.53 Å². The van der Waals surface area contributed by atoms with E-state index in [1.165, 1.54) is 18.2 Å². The zero-order chi connectivity index (χ0) is 19.8. The highest BCUT2D eigenvalue weighted by Gasteiger charge is 2.47. The van der Waals surface area contributed by atoms with Crippen LogP contribution in [0.4, 0.5) is 4.79 Å². The van der Waals surface area contributed by atoms with Crippen LogP contribution in [0.15, 0.2) is 24.3 Å². The average molecular weight is 373 g/mol. The van der Waals surface area contributed by atoms with Crippen LogP contribution in [0.3, 0.4) is 0 Å². The van der Waals surface area contributed by atoms with E-state index in [4.69, 9.17) is 0 Å². The van der Waals surface area contributed by atoms with Crippen LogP contribution in [0.1, 0.15) is 69.4 Å². The molecule has 0 saturated heterocycles. The fourth-order valence-electron chi connectivity index (χ4n) is 4.40. The summed E-state index contributed by atoms with van der Waals surface area (Å²) < 4.78 is 4.66. The van der Waals surface area contributed by atoms with Crippen molar-refractivity contribution in [2.45, 2.75) is 69.9 Å². The Labute approximate surface area is 162 Å². The molecule has 0 spiro atoms.